The molecule has 2 N–H and O–H groups in total. The van der Waals surface area contributed by atoms with Crippen LogP contribution in [0.4, 0.5) is 4.79 Å². The van der Waals surface area contributed by atoms with Crippen LogP contribution in [0, 0.1) is 0 Å². The zero-order valence-corrected chi connectivity index (χ0v) is 15.0. The smallest absolute Gasteiger partial charge is 0.410 e. The number of hydrogen-bond donors (Lipinski definition) is 2. The summed E-state index contributed by atoms with van der Waals surface area (Å²) in [5.74, 6) is 0. The number of nitrogens with one attached hydrogen (secondary N) is 1. The fourth-order valence-corrected chi connectivity index (χ4v) is 2.84. The first-order valence-corrected chi connectivity index (χ1v) is 8.24. The molecule has 2 atom stereocenters. The topological polar surface area (TPSA) is 61.8 Å². The lowest BCUT2D eigenvalue weighted by molar-refractivity contribution is 0.0270. The van der Waals surface area contributed by atoms with E-state index in [0.29, 0.717) is 23.1 Å². The fourth-order valence-electron chi connectivity index (χ4n) is 2.37. The Balaban J connectivity index is 1.90. The second kappa shape index (κ2) is 7.26. The molecule has 1 heterocycles. The van der Waals surface area contributed by atoms with Gasteiger partial charge in [0, 0.05) is 23.1 Å². The van der Waals surface area contributed by atoms with Crippen LogP contribution in [0.15, 0.2) is 18.2 Å². The largest absolute Gasteiger partial charge is 0.444 e. The van der Waals surface area contributed by atoms with Crippen LogP contribution in [0.5, 0.6) is 0 Å². The Bertz CT molecular complexity index is 575. The molecule has 1 aromatic rings. The maximum atomic E-state index is 12.0. The average Bonchev–Trinajstić information content (AvgIpc) is 2.77. The zero-order chi connectivity index (χ0) is 17.2. The van der Waals surface area contributed by atoms with E-state index >= 15 is 0 Å². The molecule has 5 nitrogen and oxygen atoms in total. The third-order valence-corrected chi connectivity index (χ3v) is 4.10. The Kier molecular flexibility index (Phi) is 5.79. The van der Waals surface area contributed by atoms with Gasteiger partial charge in [-0.25, -0.2) is 4.79 Å². The van der Waals surface area contributed by atoms with E-state index in [0.717, 1.165) is 5.56 Å². The third-order valence-electron chi connectivity index (χ3n) is 3.51. The van der Waals surface area contributed by atoms with Crippen molar-refractivity contribution >= 4 is 29.3 Å². The first kappa shape index (κ1) is 18.3. The summed E-state index contributed by atoms with van der Waals surface area (Å²) >= 11 is 12.0. The van der Waals surface area contributed by atoms with E-state index in [4.69, 9.17) is 27.9 Å². The van der Waals surface area contributed by atoms with Crippen molar-refractivity contribution in [3.63, 3.8) is 0 Å². The van der Waals surface area contributed by atoms with E-state index in [-0.39, 0.29) is 12.6 Å². The minimum absolute atomic E-state index is 0.228. The van der Waals surface area contributed by atoms with E-state index in [2.05, 4.69) is 5.32 Å². The average molecular weight is 361 g/mol. The van der Waals surface area contributed by atoms with Gasteiger partial charge in [0.05, 0.1) is 18.7 Å². The molecule has 1 aromatic carbocycles. The first-order chi connectivity index (χ1) is 10.7. The van der Waals surface area contributed by atoms with Crippen molar-refractivity contribution in [3.8, 4) is 0 Å². The number of β-amino-alcohol motifs (C(OH)–C–C–N with tert-alkyl or cyclic N) is 1. The number of rotatable bonds is 3. The number of aliphatic hydroxyl groups excluding tert-OH is 1. The number of amides is 1. The predicted octanol–water partition coefficient (Wildman–Crippen LogP) is 3.06. The number of halogens is 2. The monoisotopic (exact) mass is 360 g/mol. The van der Waals surface area contributed by atoms with Gasteiger partial charge in [0.15, 0.2) is 0 Å². The van der Waals surface area contributed by atoms with Crippen LogP contribution in [0.2, 0.25) is 10.0 Å². The molecule has 1 aliphatic heterocycles. The summed E-state index contributed by atoms with van der Waals surface area (Å²) in [4.78, 5) is 13.6. The fraction of sp³-hybridized carbons (Fsp3) is 0.562. The van der Waals surface area contributed by atoms with Crippen LogP contribution in [-0.2, 0) is 11.3 Å². The van der Waals surface area contributed by atoms with Gasteiger partial charge in [-0.2, -0.15) is 0 Å². The second-order valence-corrected chi connectivity index (χ2v) is 7.52. The van der Waals surface area contributed by atoms with Crippen LogP contribution >= 0.6 is 23.2 Å². The molecule has 0 radical (unpaired) electrons. The van der Waals surface area contributed by atoms with Gasteiger partial charge in [0.25, 0.3) is 0 Å². The van der Waals surface area contributed by atoms with Crippen LogP contribution in [0.1, 0.15) is 26.3 Å². The van der Waals surface area contributed by atoms with Crippen LogP contribution < -0.4 is 5.32 Å². The maximum absolute atomic E-state index is 12.0. The number of hydrogen-bond acceptors (Lipinski definition) is 4. The molecule has 1 amide bonds. The number of likely N-dealkylation sites (tertiary alicyclic amines) is 1. The third kappa shape index (κ3) is 5.24. The van der Waals surface area contributed by atoms with Crippen molar-refractivity contribution in [2.45, 2.75) is 45.1 Å². The Morgan fingerprint density at radius 2 is 2.09 bits per heavy atom. The summed E-state index contributed by atoms with van der Waals surface area (Å²) in [7, 11) is 0. The highest BCUT2D eigenvalue weighted by Gasteiger charge is 2.35. The number of carbonyl (C=O) groups excluding carboxylic acids is 1. The molecule has 1 saturated heterocycles. The van der Waals surface area contributed by atoms with Crippen LogP contribution in [0.3, 0.4) is 0 Å². The molecule has 0 aromatic heterocycles. The number of aliphatic hydroxyl groups is 1. The van der Waals surface area contributed by atoms with Gasteiger partial charge in [0.2, 0.25) is 0 Å². The van der Waals surface area contributed by atoms with Crippen molar-refractivity contribution < 1.29 is 14.6 Å². The normalized spacial score (nSPS) is 21.6. The Hall–Kier alpha value is -1.01. The van der Waals surface area contributed by atoms with Gasteiger partial charge in [-0.1, -0.05) is 29.3 Å². The van der Waals surface area contributed by atoms with Gasteiger partial charge in [0.1, 0.15) is 5.60 Å². The minimum atomic E-state index is -0.645. The molecule has 128 valence electrons. The van der Waals surface area contributed by atoms with Crippen molar-refractivity contribution in [1.29, 1.82) is 0 Å². The molecule has 1 aliphatic rings. The number of carbonyl (C=O) groups is 1. The van der Waals surface area contributed by atoms with Gasteiger partial charge in [-0.05, 0) is 38.5 Å². The molecular weight excluding hydrogens is 339 g/mol. The van der Waals surface area contributed by atoms with Gasteiger partial charge in [-0.15, -0.1) is 0 Å². The molecule has 0 bridgehead atoms. The molecule has 0 unspecified atom stereocenters. The minimum Gasteiger partial charge on any atom is -0.444 e. The SMILES string of the molecule is CC(C)(C)OC(=O)N1C[C@@H](O)[C@H](NCc2ccc(Cl)cc2Cl)C1. The molecular formula is C16H22Cl2N2O3. The number of nitrogens with zero attached hydrogens (tertiary/aromatic N) is 1. The predicted molar refractivity (Wildman–Crippen MR) is 90.9 cm³/mol. The van der Waals surface area contributed by atoms with E-state index in [1.165, 1.54) is 4.90 Å². The zero-order valence-electron chi connectivity index (χ0n) is 13.5. The van der Waals surface area contributed by atoms with Crippen molar-refractivity contribution in [2.75, 3.05) is 13.1 Å². The summed E-state index contributed by atoms with van der Waals surface area (Å²) in [6, 6.07) is 5.06. The molecule has 0 aliphatic carbocycles. The Morgan fingerprint density at radius 1 is 1.39 bits per heavy atom. The molecule has 1 fully saturated rings. The Labute approximate surface area is 146 Å². The van der Waals surface area contributed by atoms with E-state index in [1.54, 1.807) is 12.1 Å². The standard InChI is InChI=1S/C16H22Cl2N2O3/c1-16(2,3)23-15(22)20-8-13(14(21)9-20)19-7-10-4-5-11(17)6-12(10)18/h4-6,13-14,19,21H,7-9H2,1-3H3/t13-,14-/m1/s1. The lowest BCUT2D eigenvalue weighted by Crippen LogP contribution is -2.39. The maximum Gasteiger partial charge on any atom is 0.410 e. The van der Waals surface area contributed by atoms with Gasteiger partial charge in [-0.3, -0.25) is 0 Å². The molecule has 23 heavy (non-hydrogen) atoms. The quantitative estimate of drug-likeness (QED) is 0.869. The molecule has 2 rings (SSSR count). The highest BCUT2D eigenvalue weighted by atomic mass is 35.5. The van der Waals surface area contributed by atoms with Gasteiger partial charge >= 0.3 is 6.09 Å². The van der Waals surface area contributed by atoms with Crippen molar-refractivity contribution in [1.82, 2.24) is 10.2 Å². The lowest BCUT2D eigenvalue weighted by atomic mass is 10.2. The Morgan fingerprint density at radius 3 is 2.70 bits per heavy atom. The van der Waals surface area contributed by atoms with Crippen LogP contribution in [0.25, 0.3) is 0 Å². The summed E-state index contributed by atoms with van der Waals surface area (Å²) in [5.41, 5.74) is 0.337. The first-order valence-electron chi connectivity index (χ1n) is 7.49. The molecule has 7 heteroatoms. The summed E-state index contributed by atoms with van der Waals surface area (Å²) in [5, 5.41) is 14.5. The highest BCUT2D eigenvalue weighted by Crippen LogP contribution is 2.22. The lowest BCUT2D eigenvalue weighted by Gasteiger charge is -2.24. The van der Waals surface area contributed by atoms with Crippen LogP contribution in [-0.4, -0.2) is 46.9 Å². The van der Waals surface area contributed by atoms with Crippen molar-refractivity contribution in [3.05, 3.63) is 33.8 Å². The number of benzene rings is 1. The van der Waals surface area contributed by atoms with E-state index in [1.807, 2.05) is 26.8 Å². The van der Waals surface area contributed by atoms with Crippen molar-refractivity contribution in [2.24, 2.45) is 0 Å². The second-order valence-electron chi connectivity index (χ2n) is 6.68. The van der Waals surface area contributed by atoms with E-state index < -0.39 is 17.8 Å². The summed E-state index contributed by atoms with van der Waals surface area (Å²) < 4.78 is 5.33. The molecule has 0 spiro atoms. The number of ether oxygens (including phenoxy) is 1. The summed E-state index contributed by atoms with van der Waals surface area (Å²) in [6.07, 6.45) is -1.06. The molecule has 0 saturated carbocycles. The highest BCUT2D eigenvalue weighted by molar-refractivity contribution is 6.35. The van der Waals surface area contributed by atoms with E-state index in [9.17, 15) is 9.90 Å². The van der Waals surface area contributed by atoms with Gasteiger partial charge < -0.3 is 20.1 Å². The summed E-state index contributed by atoms with van der Waals surface area (Å²) in [6.45, 7) is 6.57.